The molecule has 0 spiro atoms. The van der Waals surface area contributed by atoms with E-state index in [-0.39, 0.29) is 23.9 Å². The lowest BCUT2D eigenvalue weighted by Gasteiger charge is -2.32. The van der Waals surface area contributed by atoms with E-state index < -0.39 is 0 Å². The second kappa shape index (κ2) is 6.18. The number of methoxy groups -OCH3 is 1. The first-order valence-corrected chi connectivity index (χ1v) is 6.68. The molecule has 18 heavy (non-hydrogen) atoms. The van der Waals surface area contributed by atoms with Crippen molar-refractivity contribution in [1.29, 1.82) is 0 Å². The van der Waals surface area contributed by atoms with Crippen molar-refractivity contribution in [3.8, 4) is 0 Å². The first kappa shape index (κ1) is 13.3. The number of ether oxygens (including phenoxy) is 2. The smallest absolute Gasteiger partial charge is 0.310 e. The van der Waals surface area contributed by atoms with Crippen LogP contribution >= 0.6 is 0 Å². The second-order valence-electron chi connectivity index (χ2n) is 5.04. The summed E-state index contributed by atoms with van der Waals surface area (Å²) in [6.07, 6.45) is 4.24. The first-order valence-electron chi connectivity index (χ1n) is 6.68. The van der Waals surface area contributed by atoms with Gasteiger partial charge in [0.15, 0.2) is 0 Å². The average Bonchev–Trinajstić information content (AvgIpc) is 2.90. The van der Waals surface area contributed by atoms with Crippen LogP contribution in [0.1, 0.15) is 32.1 Å². The molecule has 0 bridgehead atoms. The molecule has 0 aliphatic carbocycles. The predicted octanol–water partition coefficient (Wildman–Crippen LogP) is 0.967. The van der Waals surface area contributed by atoms with Crippen LogP contribution in [0.5, 0.6) is 0 Å². The molecule has 0 saturated carbocycles. The van der Waals surface area contributed by atoms with Gasteiger partial charge >= 0.3 is 5.97 Å². The average molecular weight is 255 g/mol. The zero-order valence-corrected chi connectivity index (χ0v) is 10.9. The summed E-state index contributed by atoms with van der Waals surface area (Å²) in [7, 11) is 1.40. The fraction of sp³-hybridized carbons (Fsp3) is 0.846. The maximum Gasteiger partial charge on any atom is 0.310 e. The van der Waals surface area contributed by atoms with Crippen LogP contribution in [-0.4, -0.2) is 49.7 Å². The Bertz CT molecular complexity index is 312. The van der Waals surface area contributed by atoms with E-state index in [0.717, 1.165) is 38.8 Å². The van der Waals surface area contributed by atoms with E-state index in [1.165, 1.54) is 7.11 Å². The molecule has 2 saturated heterocycles. The Kier molecular flexibility index (Phi) is 4.58. The number of esters is 1. The normalized spacial score (nSPS) is 28.2. The van der Waals surface area contributed by atoms with Crippen molar-refractivity contribution < 1.29 is 19.1 Å². The summed E-state index contributed by atoms with van der Waals surface area (Å²) in [6.45, 7) is 2.01. The van der Waals surface area contributed by atoms with E-state index in [0.29, 0.717) is 13.0 Å². The largest absolute Gasteiger partial charge is 0.469 e. The van der Waals surface area contributed by atoms with Gasteiger partial charge in [-0.25, -0.2) is 0 Å². The molecule has 2 aliphatic heterocycles. The SMILES string of the molecule is COC(=O)[C@H]1CCCN(C(=O)CC2CCCO2)C1. The lowest BCUT2D eigenvalue weighted by molar-refractivity contribution is -0.149. The third-order valence-electron chi connectivity index (χ3n) is 3.73. The number of carbonyl (C=O) groups is 2. The van der Waals surface area contributed by atoms with Crippen LogP contribution in [-0.2, 0) is 19.1 Å². The van der Waals surface area contributed by atoms with Crippen molar-refractivity contribution in [3.63, 3.8) is 0 Å². The number of likely N-dealkylation sites (tertiary alicyclic amines) is 1. The highest BCUT2D eigenvalue weighted by Crippen LogP contribution is 2.21. The molecule has 2 aliphatic rings. The van der Waals surface area contributed by atoms with Crippen LogP contribution in [0.3, 0.4) is 0 Å². The molecular formula is C13H21NO4. The number of amides is 1. The predicted molar refractivity (Wildman–Crippen MR) is 64.9 cm³/mol. The third kappa shape index (κ3) is 3.22. The summed E-state index contributed by atoms with van der Waals surface area (Å²) in [5, 5.41) is 0. The van der Waals surface area contributed by atoms with Gasteiger partial charge < -0.3 is 14.4 Å². The summed E-state index contributed by atoms with van der Waals surface area (Å²) in [6, 6.07) is 0. The summed E-state index contributed by atoms with van der Waals surface area (Å²) >= 11 is 0. The minimum Gasteiger partial charge on any atom is -0.469 e. The Labute approximate surface area is 107 Å². The van der Waals surface area contributed by atoms with Crippen molar-refractivity contribution in [2.45, 2.75) is 38.2 Å². The van der Waals surface area contributed by atoms with Crippen molar-refractivity contribution >= 4 is 11.9 Å². The van der Waals surface area contributed by atoms with E-state index in [4.69, 9.17) is 9.47 Å². The van der Waals surface area contributed by atoms with Gasteiger partial charge in [0.2, 0.25) is 5.91 Å². The fourth-order valence-corrected chi connectivity index (χ4v) is 2.69. The topological polar surface area (TPSA) is 55.8 Å². The van der Waals surface area contributed by atoms with Crippen molar-refractivity contribution in [3.05, 3.63) is 0 Å². The number of hydrogen-bond donors (Lipinski definition) is 0. The second-order valence-corrected chi connectivity index (χ2v) is 5.04. The Balaban J connectivity index is 1.83. The summed E-state index contributed by atoms with van der Waals surface area (Å²) in [5.74, 6) is -0.252. The molecule has 2 heterocycles. The zero-order chi connectivity index (χ0) is 13.0. The third-order valence-corrected chi connectivity index (χ3v) is 3.73. The van der Waals surface area contributed by atoms with E-state index in [1.807, 2.05) is 0 Å². The number of hydrogen-bond acceptors (Lipinski definition) is 4. The van der Waals surface area contributed by atoms with Crippen LogP contribution in [0.15, 0.2) is 0 Å². The molecule has 1 amide bonds. The molecule has 0 aromatic heterocycles. The van der Waals surface area contributed by atoms with Gasteiger partial charge in [-0.2, -0.15) is 0 Å². The molecule has 0 N–H and O–H groups in total. The van der Waals surface area contributed by atoms with E-state index >= 15 is 0 Å². The van der Waals surface area contributed by atoms with E-state index in [1.54, 1.807) is 4.90 Å². The van der Waals surface area contributed by atoms with Gasteiger partial charge in [-0.05, 0) is 25.7 Å². The lowest BCUT2D eigenvalue weighted by atomic mass is 9.97. The molecule has 2 rings (SSSR count). The zero-order valence-electron chi connectivity index (χ0n) is 10.9. The molecular weight excluding hydrogens is 234 g/mol. The van der Waals surface area contributed by atoms with Crippen LogP contribution < -0.4 is 0 Å². The highest BCUT2D eigenvalue weighted by molar-refractivity contribution is 5.78. The first-order chi connectivity index (χ1) is 8.70. The number of nitrogens with zero attached hydrogens (tertiary/aromatic N) is 1. The van der Waals surface area contributed by atoms with Gasteiger partial charge in [0.25, 0.3) is 0 Å². The Morgan fingerprint density at radius 2 is 2.17 bits per heavy atom. The van der Waals surface area contributed by atoms with Crippen molar-refractivity contribution in [2.75, 3.05) is 26.8 Å². The molecule has 2 atom stereocenters. The van der Waals surface area contributed by atoms with Crippen molar-refractivity contribution in [2.24, 2.45) is 5.92 Å². The summed E-state index contributed by atoms with van der Waals surface area (Å²) in [5.41, 5.74) is 0. The molecule has 2 fully saturated rings. The van der Waals surface area contributed by atoms with Gasteiger partial charge in [0, 0.05) is 19.7 Å². The minimum atomic E-state index is -0.204. The fourth-order valence-electron chi connectivity index (χ4n) is 2.69. The van der Waals surface area contributed by atoms with Crippen LogP contribution in [0.4, 0.5) is 0 Å². The Hall–Kier alpha value is -1.10. The summed E-state index contributed by atoms with van der Waals surface area (Å²) in [4.78, 5) is 25.4. The molecule has 0 radical (unpaired) electrons. The van der Waals surface area contributed by atoms with Gasteiger partial charge in [-0.1, -0.05) is 0 Å². The molecule has 0 aromatic rings. The monoisotopic (exact) mass is 255 g/mol. The van der Waals surface area contributed by atoms with Crippen LogP contribution in [0.2, 0.25) is 0 Å². The molecule has 0 aromatic carbocycles. The number of rotatable bonds is 3. The molecule has 5 nitrogen and oxygen atoms in total. The molecule has 1 unspecified atom stereocenters. The van der Waals surface area contributed by atoms with Gasteiger partial charge in [0.1, 0.15) is 0 Å². The van der Waals surface area contributed by atoms with Crippen LogP contribution in [0.25, 0.3) is 0 Å². The maximum absolute atomic E-state index is 12.1. The number of carbonyl (C=O) groups excluding carboxylic acids is 2. The number of piperidine rings is 1. The van der Waals surface area contributed by atoms with Gasteiger partial charge in [-0.15, -0.1) is 0 Å². The van der Waals surface area contributed by atoms with Crippen LogP contribution in [0, 0.1) is 5.92 Å². The maximum atomic E-state index is 12.1. The Morgan fingerprint density at radius 3 is 2.83 bits per heavy atom. The van der Waals surface area contributed by atoms with E-state index in [2.05, 4.69) is 0 Å². The minimum absolute atomic E-state index is 0.0796. The highest BCUT2D eigenvalue weighted by atomic mass is 16.5. The Morgan fingerprint density at radius 1 is 1.33 bits per heavy atom. The standard InChI is InChI=1S/C13H21NO4/c1-17-13(16)10-4-2-6-14(9-10)12(15)8-11-5-3-7-18-11/h10-11H,2-9H2,1H3/t10-,11?/m0/s1. The van der Waals surface area contributed by atoms with Crippen molar-refractivity contribution in [1.82, 2.24) is 4.90 Å². The molecule has 5 heteroatoms. The summed E-state index contributed by atoms with van der Waals surface area (Å²) < 4.78 is 10.2. The molecule has 102 valence electrons. The highest BCUT2D eigenvalue weighted by Gasteiger charge is 2.30. The van der Waals surface area contributed by atoms with E-state index in [9.17, 15) is 9.59 Å². The van der Waals surface area contributed by atoms with Gasteiger partial charge in [0.05, 0.1) is 25.6 Å². The lowest BCUT2D eigenvalue weighted by Crippen LogP contribution is -2.43. The van der Waals surface area contributed by atoms with Gasteiger partial charge in [-0.3, -0.25) is 9.59 Å². The quantitative estimate of drug-likeness (QED) is 0.705.